The fraction of sp³-hybridized carbons (Fsp3) is 0.727. The Balaban J connectivity index is 1.76. The molecule has 2 aliphatic rings. The molecule has 0 radical (unpaired) electrons. The van der Waals surface area contributed by atoms with Crippen molar-refractivity contribution in [3.63, 3.8) is 0 Å². The van der Waals surface area contributed by atoms with Gasteiger partial charge in [0.1, 0.15) is 36.3 Å². The molecule has 9 atom stereocenters. The van der Waals surface area contributed by atoms with Crippen LogP contribution in [0.15, 0.2) is 38.9 Å². The molecule has 2 aromatic rings. The standard InChI is InChI=1S/C33H54F2N5O13PSi2/c1-18(41)36-21-12-14-40(29(45)37-21)28-26(53-56(10,11)32(5,6)7)25(20(51-28)17-49-55(8,9)31(2,3)4)52-54(47,48)33(34,35)16-19-23(43)24(44)27(50-19)39-15-13-22(42)38-30(39)46/h12-15,19-20,23-28,43-44H,16-17H2,1-11H3,(H,47,48)(H,38,42,46)(H,36,37,41,45)/t19-,20-,23-,24-,25-,26-,27-,28-/m1/s1. The third-order valence-electron chi connectivity index (χ3n) is 10.9. The number of hydrogen-bond donors (Lipinski definition) is 5. The summed E-state index contributed by atoms with van der Waals surface area (Å²) in [6.45, 7) is 20.0. The molecular formula is C33H54F2N5O13PSi2. The van der Waals surface area contributed by atoms with Crippen molar-refractivity contribution < 1.29 is 56.1 Å². The van der Waals surface area contributed by atoms with E-state index in [-0.39, 0.29) is 17.5 Å². The molecular weight excluding hydrogens is 800 g/mol. The highest BCUT2D eigenvalue weighted by molar-refractivity contribution is 7.54. The van der Waals surface area contributed by atoms with Gasteiger partial charge in [0, 0.05) is 25.4 Å². The Morgan fingerprint density at radius 2 is 1.50 bits per heavy atom. The quantitative estimate of drug-likeness (QED) is 0.144. The molecule has 1 unspecified atom stereocenters. The van der Waals surface area contributed by atoms with Gasteiger partial charge in [-0.1, -0.05) is 41.5 Å². The minimum absolute atomic E-state index is 0.0715. The fourth-order valence-electron chi connectivity index (χ4n) is 5.55. The number of aromatic amines is 1. The summed E-state index contributed by atoms with van der Waals surface area (Å²) in [5, 5.41) is 22.9. The van der Waals surface area contributed by atoms with E-state index in [2.05, 4.69) is 10.3 Å². The van der Waals surface area contributed by atoms with Crippen molar-refractivity contribution in [1.29, 1.82) is 0 Å². The number of alkyl halides is 2. The van der Waals surface area contributed by atoms with Crippen LogP contribution in [0.3, 0.4) is 0 Å². The van der Waals surface area contributed by atoms with E-state index in [0.29, 0.717) is 4.57 Å². The van der Waals surface area contributed by atoms with Gasteiger partial charge in [-0.15, -0.1) is 0 Å². The number of aliphatic hydroxyl groups excluding tert-OH is 2. The van der Waals surface area contributed by atoms with E-state index in [4.69, 9.17) is 22.8 Å². The van der Waals surface area contributed by atoms with Gasteiger partial charge < -0.3 is 38.7 Å². The lowest BCUT2D eigenvalue weighted by Gasteiger charge is -2.41. The van der Waals surface area contributed by atoms with Crippen molar-refractivity contribution in [2.24, 2.45) is 0 Å². The van der Waals surface area contributed by atoms with Crippen molar-refractivity contribution in [3.05, 3.63) is 55.8 Å². The predicted molar refractivity (Wildman–Crippen MR) is 203 cm³/mol. The molecule has 4 rings (SSSR count). The molecule has 0 saturated carbocycles. The van der Waals surface area contributed by atoms with Crippen LogP contribution >= 0.6 is 7.60 Å². The van der Waals surface area contributed by atoms with Gasteiger partial charge in [0.05, 0.1) is 19.1 Å². The van der Waals surface area contributed by atoms with E-state index in [1.807, 2.05) is 72.7 Å². The lowest BCUT2D eigenvalue weighted by molar-refractivity contribution is -0.114. The van der Waals surface area contributed by atoms with Crippen LogP contribution in [-0.2, 0) is 32.2 Å². The topological polar surface area (TPSA) is 243 Å². The maximum Gasteiger partial charge on any atom is 0.397 e. The summed E-state index contributed by atoms with van der Waals surface area (Å²) in [6, 6.07) is 2.22. The summed E-state index contributed by atoms with van der Waals surface area (Å²) in [5.74, 6) is -0.564. The maximum atomic E-state index is 16.2. The molecule has 5 N–H and O–H groups in total. The Kier molecular flexibility index (Phi) is 13.2. The average molecular weight is 854 g/mol. The Morgan fingerprint density at radius 1 is 0.929 bits per heavy atom. The largest absolute Gasteiger partial charge is 0.414 e. The monoisotopic (exact) mass is 853 g/mol. The Morgan fingerprint density at radius 3 is 2.04 bits per heavy atom. The van der Waals surface area contributed by atoms with Crippen molar-refractivity contribution in [2.75, 3.05) is 11.9 Å². The number of aromatic nitrogens is 4. The molecule has 0 aliphatic carbocycles. The molecule has 18 nitrogen and oxygen atoms in total. The zero-order valence-corrected chi connectivity index (χ0v) is 36.2. The first-order valence-electron chi connectivity index (χ1n) is 18.0. The maximum absolute atomic E-state index is 16.2. The number of ether oxygens (including phenoxy) is 2. The molecule has 2 fully saturated rings. The normalized spacial score (nSPS) is 27.6. The summed E-state index contributed by atoms with van der Waals surface area (Å²) in [5.41, 5.74) is -7.43. The highest BCUT2D eigenvalue weighted by atomic mass is 31.2. The number of hydrogen-bond acceptors (Lipinski definition) is 13. The molecule has 316 valence electrons. The molecule has 4 heterocycles. The molecule has 56 heavy (non-hydrogen) atoms. The second-order valence-corrected chi connectivity index (χ2v) is 28.7. The van der Waals surface area contributed by atoms with E-state index >= 15 is 8.78 Å². The molecule has 0 spiro atoms. The average Bonchev–Trinajstić information content (AvgIpc) is 3.49. The minimum atomic E-state index is -6.14. The highest BCUT2D eigenvalue weighted by Crippen LogP contribution is 2.62. The van der Waals surface area contributed by atoms with Crippen molar-refractivity contribution in [3.8, 4) is 0 Å². The Bertz CT molecular complexity index is 1980. The fourth-order valence-corrected chi connectivity index (χ4v) is 9.00. The molecule has 2 aromatic heterocycles. The van der Waals surface area contributed by atoms with Gasteiger partial charge in [-0.3, -0.25) is 32.8 Å². The zero-order valence-electron chi connectivity index (χ0n) is 33.3. The van der Waals surface area contributed by atoms with Gasteiger partial charge in [0.2, 0.25) is 5.91 Å². The number of nitrogens with zero attached hydrogens (tertiary/aromatic N) is 3. The van der Waals surface area contributed by atoms with Crippen LogP contribution in [0.4, 0.5) is 14.6 Å². The highest BCUT2D eigenvalue weighted by Gasteiger charge is 2.61. The van der Waals surface area contributed by atoms with Crippen LogP contribution in [0.25, 0.3) is 0 Å². The van der Waals surface area contributed by atoms with Crippen LogP contribution in [-0.4, -0.2) is 106 Å². The van der Waals surface area contributed by atoms with Gasteiger partial charge in [-0.25, -0.2) is 9.59 Å². The summed E-state index contributed by atoms with van der Waals surface area (Å²) in [4.78, 5) is 65.9. The van der Waals surface area contributed by atoms with E-state index in [9.17, 15) is 38.8 Å². The number of carbonyl (C=O) groups is 1. The number of nitrogens with one attached hydrogen (secondary N) is 2. The molecule has 0 bridgehead atoms. The molecule has 1 amide bonds. The smallest absolute Gasteiger partial charge is 0.397 e. The summed E-state index contributed by atoms with van der Waals surface area (Å²) >= 11 is 0. The van der Waals surface area contributed by atoms with Crippen LogP contribution in [0.5, 0.6) is 0 Å². The number of amides is 1. The molecule has 0 aromatic carbocycles. The first kappa shape index (κ1) is 45.9. The third-order valence-corrected chi connectivity index (χ3v) is 21.4. The van der Waals surface area contributed by atoms with Crippen LogP contribution in [0, 0.1) is 0 Å². The van der Waals surface area contributed by atoms with Gasteiger partial charge >= 0.3 is 24.6 Å². The summed E-state index contributed by atoms with van der Waals surface area (Å²) < 4.78 is 78.3. The Labute approximate surface area is 324 Å². The molecule has 2 aliphatic heterocycles. The van der Waals surface area contributed by atoms with Crippen molar-refractivity contribution >= 4 is 36.0 Å². The molecule has 2 saturated heterocycles. The van der Waals surface area contributed by atoms with E-state index < -0.39 is 113 Å². The van der Waals surface area contributed by atoms with Crippen LogP contribution < -0.4 is 22.3 Å². The van der Waals surface area contributed by atoms with Crippen molar-refractivity contribution in [1.82, 2.24) is 19.1 Å². The first-order valence-corrected chi connectivity index (χ1v) is 25.3. The number of rotatable bonds is 13. The third kappa shape index (κ3) is 9.74. The number of aliphatic hydroxyl groups is 2. The number of halogens is 2. The second-order valence-electron chi connectivity index (χ2n) is 17.2. The van der Waals surface area contributed by atoms with Crippen LogP contribution in [0.2, 0.25) is 36.3 Å². The molecule has 23 heteroatoms. The minimum Gasteiger partial charge on any atom is -0.414 e. The van der Waals surface area contributed by atoms with Gasteiger partial charge in [-0.2, -0.15) is 13.8 Å². The lowest BCUT2D eigenvalue weighted by atomic mass is 10.1. The SMILES string of the molecule is CC(=O)Nc1ccn([C@@H]2O[C@H](CO[Si](C)(C)C(C)(C)C)[C@@H](OP(=O)(O)C(F)(F)C[C@H]3O[C@@H](n4ccc(=O)[nH]c4=O)[C@H](O)[C@@H]3O)[C@H]2O[Si](C)(C)C(C)(C)C)c(=O)n1. The number of carbonyl (C=O) groups excluding carboxylic acids is 1. The second kappa shape index (κ2) is 16.1. The summed E-state index contributed by atoms with van der Waals surface area (Å²) in [7, 11) is -11.7. The number of anilines is 1. The number of H-pyrrole nitrogens is 1. The van der Waals surface area contributed by atoms with E-state index in [1.165, 1.54) is 19.2 Å². The Hall–Kier alpha value is -2.77. The van der Waals surface area contributed by atoms with Gasteiger partial charge in [0.15, 0.2) is 29.1 Å². The van der Waals surface area contributed by atoms with Crippen molar-refractivity contribution in [2.45, 2.75) is 146 Å². The lowest BCUT2D eigenvalue weighted by Crippen LogP contribution is -2.51. The van der Waals surface area contributed by atoms with Gasteiger partial charge in [0.25, 0.3) is 5.56 Å². The predicted octanol–water partition coefficient (Wildman–Crippen LogP) is 3.23. The first-order chi connectivity index (χ1) is 25.4. The zero-order chi connectivity index (χ0) is 42.6. The van der Waals surface area contributed by atoms with E-state index in [0.717, 1.165) is 16.8 Å². The van der Waals surface area contributed by atoms with Gasteiger partial charge in [-0.05, 0) is 42.3 Å². The van der Waals surface area contributed by atoms with Crippen LogP contribution in [0.1, 0.15) is 67.3 Å². The van der Waals surface area contributed by atoms with E-state index in [1.54, 1.807) is 0 Å². The summed E-state index contributed by atoms with van der Waals surface area (Å²) in [6.07, 6.45) is -13.3.